The zero-order valence-electron chi connectivity index (χ0n) is 15.2. The lowest BCUT2D eigenvalue weighted by Gasteiger charge is -2.34. The van der Waals surface area contributed by atoms with Gasteiger partial charge in [-0.05, 0) is 36.5 Å². The molecule has 5 heteroatoms. The Balaban J connectivity index is 1.65. The van der Waals surface area contributed by atoms with Crippen LogP contribution < -0.4 is 9.47 Å². The van der Waals surface area contributed by atoms with Crippen molar-refractivity contribution in [2.24, 2.45) is 5.92 Å². The van der Waals surface area contributed by atoms with Gasteiger partial charge in [-0.3, -0.25) is 4.79 Å². The fourth-order valence-electron chi connectivity index (χ4n) is 3.49. The zero-order valence-corrected chi connectivity index (χ0v) is 15.2. The molecular weight excluding hydrogens is 330 g/mol. The summed E-state index contributed by atoms with van der Waals surface area (Å²) in [6.07, 6.45) is 1.07. The summed E-state index contributed by atoms with van der Waals surface area (Å²) >= 11 is 0. The van der Waals surface area contributed by atoms with Crippen LogP contribution in [0.2, 0.25) is 0 Å². The topological polar surface area (TPSA) is 59.0 Å². The Morgan fingerprint density at radius 2 is 1.77 bits per heavy atom. The van der Waals surface area contributed by atoms with Gasteiger partial charge in [0.05, 0.1) is 25.9 Å². The van der Waals surface area contributed by atoms with Gasteiger partial charge >= 0.3 is 0 Å². The molecule has 1 saturated heterocycles. The molecule has 0 radical (unpaired) electrons. The molecular formula is C21H25NO4. The molecule has 1 N–H and O–H groups in total. The van der Waals surface area contributed by atoms with Crippen molar-refractivity contribution in [3.8, 4) is 11.5 Å². The molecule has 0 spiro atoms. The van der Waals surface area contributed by atoms with Gasteiger partial charge in [0.25, 0.3) is 5.91 Å². The molecule has 1 fully saturated rings. The maximum absolute atomic E-state index is 12.9. The highest BCUT2D eigenvalue weighted by atomic mass is 16.5. The van der Waals surface area contributed by atoms with Crippen LogP contribution in [0.4, 0.5) is 0 Å². The van der Waals surface area contributed by atoms with Gasteiger partial charge < -0.3 is 19.5 Å². The van der Waals surface area contributed by atoms with Crippen molar-refractivity contribution in [3.63, 3.8) is 0 Å². The number of hydrogen-bond acceptors (Lipinski definition) is 4. The number of aliphatic hydroxyl groups is 1. The Morgan fingerprint density at radius 3 is 2.38 bits per heavy atom. The van der Waals surface area contributed by atoms with E-state index in [0.717, 1.165) is 18.4 Å². The third-order valence-corrected chi connectivity index (χ3v) is 5.05. The Hall–Kier alpha value is -2.53. The molecule has 26 heavy (non-hydrogen) atoms. The fourth-order valence-corrected chi connectivity index (χ4v) is 3.49. The van der Waals surface area contributed by atoms with E-state index >= 15 is 0 Å². The van der Waals surface area contributed by atoms with Crippen LogP contribution in [-0.4, -0.2) is 43.2 Å². The molecule has 1 amide bonds. The van der Waals surface area contributed by atoms with Gasteiger partial charge in [0.1, 0.15) is 11.5 Å². The summed E-state index contributed by atoms with van der Waals surface area (Å²) in [7, 11) is 3.13. The van der Waals surface area contributed by atoms with Gasteiger partial charge in [0, 0.05) is 19.2 Å². The predicted octanol–water partition coefficient (Wildman–Crippen LogP) is 3.29. The standard InChI is InChI=1S/C21H25NO4/c1-25-17-8-9-18(19(14-17)26-2)21(24)22-12-10-16(11-13-22)20(23)15-6-4-3-5-7-15/h3-9,14,16,20,23H,10-13H2,1-2H3. The van der Waals surface area contributed by atoms with E-state index in [0.29, 0.717) is 30.2 Å². The van der Waals surface area contributed by atoms with Crippen molar-refractivity contribution in [2.45, 2.75) is 18.9 Å². The molecule has 0 aromatic heterocycles. The van der Waals surface area contributed by atoms with Gasteiger partial charge in [-0.2, -0.15) is 0 Å². The second-order valence-corrected chi connectivity index (χ2v) is 6.55. The van der Waals surface area contributed by atoms with Crippen molar-refractivity contribution in [1.29, 1.82) is 0 Å². The molecule has 2 aromatic carbocycles. The van der Waals surface area contributed by atoms with Crippen LogP contribution in [0, 0.1) is 5.92 Å². The number of ether oxygens (including phenoxy) is 2. The number of aliphatic hydroxyl groups excluding tert-OH is 1. The molecule has 5 nitrogen and oxygen atoms in total. The largest absolute Gasteiger partial charge is 0.497 e. The van der Waals surface area contributed by atoms with E-state index < -0.39 is 6.10 Å². The predicted molar refractivity (Wildman–Crippen MR) is 99.6 cm³/mol. The summed E-state index contributed by atoms with van der Waals surface area (Å²) in [5, 5.41) is 10.6. The Labute approximate surface area is 154 Å². The first-order valence-corrected chi connectivity index (χ1v) is 8.88. The highest BCUT2D eigenvalue weighted by molar-refractivity contribution is 5.97. The minimum atomic E-state index is -0.482. The average Bonchev–Trinajstić information content (AvgIpc) is 2.73. The van der Waals surface area contributed by atoms with Crippen LogP contribution >= 0.6 is 0 Å². The van der Waals surface area contributed by atoms with E-state index in [-0.39, 0.29) is 11.8 Å². The second-order valence-electron chi connectivity index (χ2n) is 6.55. The lowest BCUT2D eigenvalue weighted by molar-refractivity contribution is 0.0460. The molecule has 3 rings (SSSR count). The highest BCUT2D eigenvalue weighted by Crippen LogP contribution is 2.32. The molecule has 138 valence electrons. The number of methoxy groups -OCH3 is 2. The molecule has 1 heterocycles. The maximum atomic E-state index is 12.9. The number of piperidine rings is 1. The lowest BCUT2D eigenvalue weighted by atomic mass is 9.87. The number of carbonyl (C=O) groups excluding carboxylic acids is 1. The van der Waals surface area contributed by atoms with E-state index in [2.05, 4.69) is 0 Å². The smallest absolute Gasteiger partial charge is 0.257 e. The Bertz CT molecular complexity index is 739. The highest BCUT2D eigenvalue weighted by Gasteiger charge is 2.29. The van der Waals surface area contributed by atoms with Crippen molar-refractivity contribution < 1.29 is 19.4 Å². The SMILES string of the molecule is COc1ccc(C(=O)N2CCC(C(O)c3ccccc3)CC2)c(OC)c1. The average molecular weight is 355 g/mol. The van der Waals surface area contributed by atoms with E-state index in [1.165, 1.54) is 0 Å². The quantitative estimate of drug-likeness (QED) is 0.894. The van der Waals surface area contributed by atoms with E-state index in [9.17, 15) is 9.90 Å². The number of nitrogens with zero attached hydrogens (tertiary/aromatic N) is 1. The van der Waals surface area contributed by atoms with Crippen LogP contribution in [0.1, 0.15) is 34.9 Å². The summed E-state index contributed by atoms with van der Waals surface area (Å²) in [6, 6.07) is 14.9. The third-order valence-electron chi connectivity index (χ3n) is 5.05. The van der Waals surface area contributed by atoms with Gasteiger partial charge in [-0.1, -0.05) is 30.3 Å². The van der Waals surface area contributed by atoms with Crippen LogP contribution in [0.25, 0.3) is 0 Å². The minimum absolute atomic E-state index is 0.0443. The molecule has 0 bridgehead atoms. The van der Waals surface area contributed by atoms with Gasteiger partial charge in [-0.25, -0.2) is 0 Å². The number of benzene rings is 2. The van der Waals surface area contributed by atoms with Crippen LogP contribution in [0.15, 0.2) is 48.5 Å². The van der Waals surface area contributed by atoms with Crippen molar-refractivity contribution in [1.82, 2.24) is 4.90 Å². The monoisotopic (exact) mass is 355 g/mol. The zero-order chi connectivity index (χ0) is 18.5. The molecule has 0 aliphatic carbocycles. The van der Waals surface area contributed by atoms with Crippen LogP contribution in [0.3, 0.4) is 0 Å². The summed E-state index contributed by atoms with van der Waals surface area (Å²) in [6.45, 7) is 1.26. The van der Waals surface area contributed by atoms with E-state index in [1.807, 2.05) is 35.2 Å². The van der Waals surface area contributed by atoms with E-state index in [4.69, 9.17) is 9.47 Å². The molecule has 1 aliphatic rings. The molecule has 1 unspecified atom stereocenters. The summed E-state index contributed by atoms with van der Waals surface area (Å²) in [4.78, 5) is 14.7. The first kappa shape index (κ1) is 18.3. The number of amides is 1. The van der Waals surface area contributed by atoms with Gasteiger partial charge in [0.15, 0.2) is 0 Å². The molecule has 0 saturated carbocycles. The van der Waals surface area contributed by atoms with Gasteiger partial charge in [-0.15, -0.1) is 0 Å². The van der Waals surface area contributed by atoms with Crippen molar-refractivity contribution >= 4 is 5.91 Å². The van der Waals surface area contributed by atoms with Crippen LogP contribution in [0.5, 0.6) is 11.5 Å². The maximum Gasteiger partial charge on any atom is 0.257 e. The number of rotatable bonds is 5. The molecule has 2 aromatic rings. The fraction of sp³-hybridized carbons (Fsp3) is 0.381. The second kappa shape index (κ2) is 8.23. The molecule has 1 aliphatic heterocycles. The Morgan fingerprint density at radius 1 is 1.08 bits per heavy atom. The third kappa shape index (κ3) is 3.83. The number of carbonyl (C=O) groups is 1. The first-order valence-electron chi connectivity index (χ1n) is 8.88. The lowest BCUT2D eigenvalue weighted by Crippen LogP contribution is -2.39. The minimum Gasteiger partial charge on any atom is -0.497 e. The number of likely N-dealkylation sites (tertiary alicyclic amines) is 1. The normalized spacial score (nSPS) is 16.2. The summed E-state index contributed by atoms with van der Waals surface area (Å²) < 4.78 is 10.5. The first-order chi connectivity index (χ1) is 12.6. The number of hydrogen-bond donors (Lipinski definition) is 1. The summed E-state index contributed by atoms with van der Waals surface area (Å²) in [5.41, 5.74) is 1.48. The van der Waals surface area contributed by atoms with Crippen molar-refractivity contribution in [2.75, 3.05) is 27.3 Å². The summed E-state index contributed by atoms with van der Waals surface area (Å²) in [5.74, 6) is 1.29. The Kier molecular flexibility index (Phi) is 5.78. The van der Waals surface area contributed by atoms with Crippen LogP contribution in [-0.2, 0) is 0 Å². The van der Waals surface area contributed by atoms with Crippen molar-refractivity contribution in [3.05, 3.63) is 59.7 Å². The van der Waals surface area contributed by atoms with Gasteiger partial charge in [0.2, 0.25) is 0 Å². The molecule has 1 atom stereocenters. The van der Waals surface area contributed by atoms with E-state index in [1.54, 1.807) is 32.4 Å².